The van der Waals surface area contributed by atoms with Crippen LogP contribution in [-0.2, 0) is 0 Å². The molecule has 6 heteroatoms. The Morgan fingerprint density at radius 2 is 2.30 bits per heavy atom. The number of nitrogens with zero attached hydrogens (tertiary/aromatic N) is 2. The molecular formula is C14H18N4O2. The normalized spacial score (nSPS) is 12.1. The maximum Gasteiger partial charge on any atom is 0.272 e. The zero-order valence-corrected chi connectivity index (χ0v) is 11.3. The number of benzene rings is 1. The molecular weight excluding hydrogens is 256 g/mol. The first-order chi connectivity index (χ1) is 9.63. The third kappa shape index (κ3) is 3.16. The molecule has 6 nitrogen and oxygen atoms in total. The van der Waals surface area contributed by atoms with E-state index in [-0.39, 0.29) is 18.6 Å². The molecule has 1 aromatic heterocycles. The maximum absolute atomic E-state index is 12.0. The van der Waals surface area contributed by atoms with Crippen LogP contribution in [0.1, 0.15) is 23.8 Å². The van der Waals surface area contributed by atoms with Crippen LogP contribution >= 0.6 is 0 Å². The van der Waals surface area contributed by atoms with E-state index < -0.39 is 0 Å². The molecule has 1 heterocycles. The van der Waals surface area contributed by atoms with E-state index in [0.29, 0.717) is 17.8 Å². The summed E-state index contributed by atoms with van der Waals surface area (Å²) in [5.74, 6) is -0.298. The Hall–Kier alpha value is -2.34. The van der Waals surface area contributed by atoms with E-state index in [2.05, 4.69) is 10.4 Å². The van der Waals surface area contributed by atoms with Crippen molar-refractivity contribution in [3.63, 3.8) is 0 Å². The van der Waals surface area contributed by atoms with Crippen LogP contribution in [-0.4, -0.2) is 33.4 Å². The zero-order chi connectivity index (χ0) is 14.5. The van der Waals surface area contributed by atoms with E-state index in [0.717, 1.165) is 5.69 Å². The van der Waals surface area contributed by atoms with Crippen molar-refractivity contribution in [1.29, 1.82) is 0 Å². The SMILES string of the molecule is CCC(CO)NC(=O)c1ccn(-c2cccc(N)c2)n1. The van der Waals surface area contributed by atoms with Gasteiger partial charge in [-0.2, -0.15) is 5.10 Å². The maximum atomic E-state index is 12.0. The van der Waals surface area contributed by atoms with Crippen LogP contribution in [0.4, 0.5) is 5.69 Å². The summed E-state index contributed by atoms with van der Waals surface area (Å²) in [6.45, 7) is 1.81. The summed E-state index contributed by atoms with van der Waals surface area (Å²) < 4.78 is 1.59. The lowest BCUT2D eigenvalue weighted by atomic mass is 10.2. The number of aromatic nitrogens is 2. The van der Waals surface area contributed by atoms with E-state index in [1.807, 2.05) is 19.1 Å². The molecule has 2 aromatic rings. The van der Waals surface area contributed by atoms with Crippen LogP contribution in [0.5, 0.6) is 0 Å². The molecule has 20 heavy (non-hydrogen) atoms. The van der Waals surface area contributed by atoms with E-state index in [1.54, 1.807) is 29.1 Å². The first-order valence-electron chi connectivity index (χ1n) is 6.47. The van der Waals surface area contributed by atoms with Gasteiger partial charge in [0.2, 0.25) is 0 Å². The van der Waals surface area contributed by atoms with Gasteiger partial charge in [0, 0.05) is 11.9 Å². The molecule has 0 spiro atoms. The van der Waals surface area contributed by atoms with E-state index >= 15 is 0 Å². The third-order valence-electron chi connectivity index (χ3n) is 3.00. The van der Waals surface area contributed by atoms with Gasteiger partial charge in [-0.15, -0.1) is 0 Å². The smallest absolute Gasteiger partial charge is 0.272 e. The Bertz CT molecular complexity index is 590. The van der Waals surface area contributed by atoms with Crippen molar-refractivity contribution in [2.45, 2.75) is 19.4 Å². The number of rotatable bonds is 5. The number of aliphatic hydroxyl groups excluding tert-OH is 1. The summed E-state index contributed by atoms with van der Waals surface area (Å²) in [6, 6.07) is 8.62. The second kappa shape index (κ2) is 6.21. The Balaban J connectivity index is 2.14. The molecule has 0 bridgehead atoms. The molecule has 0 aliphatic carbocycles. The van der Waals surface area contributed by atoms with Crippen molar-refractivity contribution < 1.29 is 9.90 Å². The molecule has 2 rings (SSSR count). The molecule has 1 unspecified atom stereocenters. The topological polar surface area (TPSA) is 93.2 Å². The number of nitrogens with one attached hydrogen (secondary N) is 1. The van der Waals surface area contributed by atoms with Gasteiger partial charge in [0.15, 0.2) is 5.69 Å². The minimum atomic E-state index is -0.298. The van der Waals surface area contributed by atoms with Crippen molar-refractivity contribution in [1.82, 2.24) is 15.1 Å². The molecule has 106 valence electrons. The van der Waals surface area contributed by atoms with Crippen LogP contribution < -0.4 is 11.1 Å². The van der Waals surface area contributed by atoms with Crippen molar-refractivity contribution >= 4 is 11.6 Å². The Morgan fingerprint density at radius 1 is 1.50 bits per heavy atom. The molecule has 0 fully saturated rings. The van der Waals surface area contributed by atoms with Gasteiger partial charge in [-0.3, -0.25) is 4.79 Å². The summed E-state index contributed by atoms with van der Waals surface area (Å²) in [5, 5.41) is 16.0. The number of anilines is 1. The monoisotopic (exact) mass is 274 g/mol. The molecule has 4 N–H and O–H groups in total. The Kier molecular flexibility index (Phi) is 4.37. The largest absolute Gasteiger partial charge is 0.399 e. The number of carbonyl (C=O) groups excluding carboxylic acids is 1. The summed E-state index contributed by atoms with van der Waals surface area (Å²) in [7, 11) is 0. The van der Waals surface area contributed by atoms with Crippen LogP contribution in [0.25, 0.3) is 5.69 Å². The highest BCUT2D eigenvalue weighted by Gasteiger charge is 2.14. The van der Waals surface area contributed by atoms with Crippen LogP contribution in [0.2, 0.25) is 0 Å². The highest BCUT2D eigenvalue weighted by atomic mass is 16.3. The van der Waals surface area contributed by atoms with Crippen molar-refractivity contribution in [3.8, 4) is 5.69 Å². The van der Waals surface area contributed by atoms with Gasteiger partial charge < -0.3 is 16.2 Å². The fourth-order valence-electron chi connectivity index (χ4n) is 1.79. The second-order valence-corrected chi connectivity index (χ2v) is 4.50. The number of nitrogens with two attached hydrogens (primary N) is 1. The number of amides is 1. The Labute approximate surface area is 117 Å². The number of aliphatic hydroxyl groups is 1. The predicted molar refractivity (Wildman–Crippen MR) is 76.6 cm³/mol. The van der Waals surface area contributed by atoms with Gasteiger partial charge in [0.1, 0.15) is 0 Å². The highest BCUT2D eigenvalue weighted by molar-refractivity contribution is 5.92. The average Bonchev–Trinajstić information content (AvgIpc) is 2.94. The van der Waals surface area contributed by atoms with Crippen LogP contribution in [0.3, 0.4) is 0 Å². The lowest BCUT2D eigenvalue weighted by molar-refractivity contribution is 0.0909. The number of carbonyl (C=O) groups is 1. The lowest BCUT2D eigenvalue weighted by Gasteiger charge is -2.12. The van der Waals surface area contributed by atoms with Gasteiger partial charge in [-0.05, 0) is 30.7 Å². The fraction of sp³-hybridized carbons (Fsp3) is 0.286. The van der Waals surface area contributed by atoms with E-state index in [9.17, 15) is 4.79 Å². The van der Waals surface area contributed by atoms with Gasteiger partial charge in [0.05, 0.1) is 18.3 Å². The van der Waals surface area contributed by atoms with E-state index in [4.69, 9.17) is 10.8 Å². The first kappa shape index (κ1) is 14.1. The molecule has 1 amide bonds. The minimum absolute atomic E-state index is 0.0852. The van der Waals surface area contributed by atoms with Gasteiger partial charge >= 0.3 is 0 Å². The van der Waals surface area contributed by atoms with Crippen molar-refractivity contribution in [3.05, 3.63) is 42.2 Å². The van der Waals surface area contributed by atoms with Gasteiger partial charge in [-0.25, -0.2) is 4.68 Å². The second-order valence-electron chi connectivity index (χ2n) is 4.50. The minimum Gasteiger partial charge on any atom is -0.399 e. The van der Waals surface area contributed by atoms with Gasteiger partial charge in [0.25, 0.3) is 5.91 Å². The summed E-state index contributed by atoms with van der Waals surface area (Å²) in [6.07, 6.45) is 2.36. The number of hydrogen-bond acceptors (Lipinski definition) is 4. The average molecular weight is 274 g/mol. The number of nitrogen functional groups attached to an aromatic ring is 1. The van der Waals surface area contributed by atoms with Crippen LogP contribution in [0.15, 0.2) is 36.5 Å². The lowest BCUT2D eigenvalue weighted by Crippen LogP contribution is -2.37. The third-order valence-corrected chi connectivity index (χ3v) is 3.00. The fourth-order valence-corrected chi connectivity index (χ4v) is 1.79. The quantitative estimate of drug-likeness (QED) is 0.708. The highest BCUT2D eigenvalue weighted by Crippen LogP contribution is 2.11. The van der Waals surface area contributed by atoms with Crippen molar-refractivity contribution in [2.24, 2.45) is 0 Å². The summed E-state index contributed by atoms with van der Waals surface area (Å²) in [4.78, 5) is 12.0. The zero-order valence-electron chi connectivity index (χ0n) is 11.3. The molecule has 0 aliphatic heterocycles. The number of hydrogen-bond donors (Lipinski definition) is 3. The molecule has 0 saturated heterocycles. The molecule has 0 radical (unpaired) electrons. The molecule has 0 saturated carbocycles. The summed E-state index contributed by atoms with van der Waals surface area (Å²) in [5.41, 5.74) is 7.45. The van der Waals surface area contributed by atoms with Gasteiger partial charge in [-0.1, -0.05) is 13.0 Å². The standard InChI is InChI=1S/C14H18N4O2/c1-2-11(9-19)16-14(20)13-6-7-18(17-13)12-5-3-4-10(15)8-12/h3-8,11,19H,2,9,15H2,1H3,(H,16,20). The Morgan fingerprint density at radius 3 is 2.95 bits per heavy atom. The van der Waals surface area contributed by atoms with Crippen molar-refractivity contribution in [2.75, 3.05) is 12.3 Å². The first-order valence-corrected chi connectivity index (χ1v) is 6.47. The molecule has 1 aromatic carbocycles. The van der Waals surface area contributed by atoms with Crippen LogP contribution in [0, 0.1) is 0 Å². The summed E-state index contributed by atoms with van der Waals surface area (Å²) >= 11 is 0. The molecule has 0 aliphatic rings. The van der Waals surface area contributed by atoms with E-state index in [1.165, 1.54) is 0 Å². The molecule has 1 atom stereocenters. The predicted octanol–water partition coefficient (Wildman–Crippen LogP) is 0.955.